The lowest BCUT2D eigenvalue weighted by Crippen LogP contribution is -2.40. The Balaban J connectivity index is 2.14. The number of carbonyl (C=O) groups is 4. The van der Waals surface area contributed by atoms with Gasteiger partial charge in [-0.25, -0.2) is 9.69 Å². The van der Waals surface area contributed by atoms with Crippen molar-refractivity contribution in [1.82, 2.24) is 9.80 Å². The van der Waals surface area contributed by atoms with Gasteiger partial charge < -0.3 is 4.74 Å². The minimum atomic E-state index is -0.967. The Bertz CT molecular complexity index is 688. The van der Waals surface area contributed by atoms with Crippen LogP contribution in [0.15, 0.2) is 24.3 Å². The Morgan fingerprint density at radius 2 is 1.54 bits per heavy atom. The third kappa shape index (κ3) is 3.45. The third-order valence-corrected chi connectivity index (χ3v) is 3.77. The number of benzene rings is 1. The minimum Gasteiger partial charge on any atom is -0.497 e. The lowest BCUT2D eigenvalue weighted by molar-refractivity contribution is -0.144. The smallest absolute Gasteiger partial charge is 0.334 e. The second kappa shape index (κ2) is 6.43. The molecule has 0 saturated carbocycles. The second-order valence-electron chi connectivity index (χ2n) is 6.59. The Morgan fingerprint density at radius 1 is 1.00 bits per heavy atom. The number of methoxy groups -OCH3 is 1. The van der Waals surface area contributed by atoms with Crippen molar-refractivity contribution < 1.29 is 23.9 Å². The van der Waals surface area contributed by atoms with Gasteiger partial charge in [-0.05, 0) is 17.7 Å². The van der Waals surface area contributed by atoms with E-state index in [4.69, 9.17) is 4.74 Å². The van der Waals surface area contributed by atoms with E-state index >= 15 is 0 Å². The monoisotopic (exact) mass is 332 g/mol. The lowest BCUT2D eigenvalue weighted by atomic mass is 9.90. The Hall–Kier alpha value is -2.70. The van der Waals surface area contributed by atoms with Gasteiger partial charge in [0.15, 0.2) is 5.78 Å². The number of hydrogen-bond donors (Lipinski definition) is 0. The number of ketones is 1. The van der Waals surface area contributed by atoms with Crippen LogP contribution < -0.4 is 4.74 Å². The summed E-state index contributed by atoms with van der Waals surface area (Å²) in [5.74, 6) is -1.53. The molecule has 1 saturated heterocycles. The van der Waals surface area contributed by atoms with Crippen molar-refractivity contribution in [3.63, 3.8) is 0 Å². The summed E-state index contributed by atoms with van der Waals surface area (Å²) in [5.41, 5.74) is -0.0261. The van der Waals surface area contributed by atoms with Crippen LogP contribution in [-0.2, 0) is 20.9 Å². The Kier molecular flexibility index (Phi) is 4.73. The first kappa shape index (κ1) is 17.7. The number of carbonyl (C=O) groups excluding carboxylic acids is 4. The van der Waals surface area contributed by atoms with Crippen molar-refractivity contribution in [3.05, 3.63) is 29.8 Å². The van der Waals surface area contributed by atoms with Gasteiger partial charge in [-0.2, -0.15) is 0 Å². The molecule has 1 aliphatic rings. The number of urea groups is 1. The van der Waals surface area contributed by atoms with E-state index in [-0.39, 0.29) is 12.3 Å². The van der Waals surface area contributed by atoms with E-state index in [0.717, 1.165) is 4.90 Å². The zero-order chi connectivity index (χ0) is 18.1. The zero-order valence-electron chi connectivity index (χ0n) is 14.2. The molecule has 7 nitrogen and oxygen atoms in total. The summed E-state index contributed by atoms with van der Waals surface area (Å²) in [7, 11) is 1.53. The zero-order valence-corrected chi connectivity index (χ0v) is 14.2. The molecule has 0 aromatic heterocycles. The second-order valence-corrected chi connectivity index (χ2v) is 6.59. The fourth-order valence-electron chi connectivity index (χ4n) is 2.12. The molecule has 1 aromatic carbocycles. The van der Waals surface area contributed by atoms with E-state index in [9.17, 15) is 19.2 Å². The molecular formula is C17H20N2O5. The maximum atomic E-state index is 12.3. The van der Waals surface area contributed by atoms with E-state index < -0.39 is 29.8 Å². The average Bonchev–Trinajstić information content (AvgIpc) is 2.72. The molecule has 1 fully saturated rings. The van der Waals surface area contributed by atoms with Crippen LogP contribution in [0.5, 0.6) is 5.75 Å². The van der Waals surface area contributed by atoms with Gasteiger partial charge in [-0.3, -0.25) is 19.3 Å². The highest BCUT2D eigenvalue weighted by atomic mass is 16.5. The number of amides is 4. The molecule has 0 radical (unpaired) electrons. The summed E-state index contributed by atoms with van der Waals surface area (Å²) in [5, 5.41) is 0. The molecule has 2 rings (SSSR count). The van der Waals surface area contributed by atoms with Crippen molar-refractivity contribution in [2.24, 2.45) is 5.41 Å². The standard InChI is InChI=1S/C17H20N2O5/c1-17(2,3)13(20)10-19-15(22)14(21)18(16(19)23)9-11-5-7-12(24-4)8-6-11/h5-8H,9-10H2,1-4H3. The van der Waals surface area contributed by atoms with E-state index in [1.807, 2.05) is 0 Å². The van der Waals surface area contributed by atoms with Crippen molar-refractivity contribution in [1.29, 1.82) is 0 Å². The molecule has 4 amide bonds. The van der Waals surface area contributed by atoms with Gasteiger partial charge in [0.25, 0.3) is 0 Å². The normalized spacial score (nSPS) is 15.2. The molecule has 1 aliphatic heterocycles. The Labute approximate surface area is 140 Å². The average molecular weight is 332 g/mol. The molecule has 1 aromatic rings. The molecule has 0 spiro atoms. The van der Waals surface area contributed by atoms with Crippen LogP contribution in [-0.4, -0.2) is 47.1 Å². The van der Waals surface area contributed by atoms with E-state index in [1.54, 1.807) is 45.0 Å². The molecule has 7 heteroatoms. The van der Waals surface area contributed by atoms with E-state index in [1.165, 1.54) is 7.11 Å². The fraction of sp³-hybridized carbons (Fsp3) is 0.412. The lowest BCUT2D eigenvalue weighted by Gasteiger charge is -2.20. The summed E-state index contributed by atoms with van der Waals surface area (Å²) in [6.45, 7) is 4.64. The largest absolute Gasteiger partial charge is 0.497 e. The molecule has 24 heavy (non-hydrogen) atoms. The first-order valence-corrected chi connectivity index (χ1v) is 7.48. The van der Waals surface area contributed by atoms with Crippen LogP contribution in [0.2, 0.25) is 0 Å². The highest BCUT2D eigenvalue weighted by Gasteiger charge is 2.45. The molecular weight excluding hydrogens is 312 g/mol. The van der Waals surface area contributed by atoms with Gasteiger partial charge in [0.1, 0.15) is 5.75 Å². The number of nitrogens with zero attached hydrogens (tertiary/aromatic N) is 2. The van der Waals surface area contributed by atoms with Crippen molar-refractivity contribution in [3.8, 4) is 5.75 Å². The van der Waals surface area contributed by atoms with Crippen molar-refractivity contribution in [2.75, 3.05) is 13.7 Å². The third-order valence-electron chi connectivity index (χ3n) is 3.77. The quantitative estimate of drug-likeness (QED) is 0.604. The first-order chi connectivity index (χ1) is 11.1. The Morgan fingerprint density at radius 3 is 2.04 bits per heavy atom. The fourth-order valence-corrected chi connectivity index (χ4v) is 2.12. The molecule has 0 unspecified atom stereocenters. The topological polar surface area (TPSA) is 84.0 Å². The van der Waals surface area contributed by atoms with E-state index in [2.05, 4.69) is 0 Å². The highest BCUT2D eigenvalue weighted by molar-refractivity contribution is 6.45. The van der Waals surface area contributed by atoms with Crippen molar-refractivity contribution >= 4 is 23.6 Å². The van der Waals surface area contributed by atoms with Crippen LogP contribution in [0.1, 0.15) is 26.3 Å². The summed E-state index contributed by atoms with van der Waals surface area (Å²) >= 11 is 0. The van der Waals surface area contributed by atoms with Crippen LogP contribution in [0.3, 0.4) is 0 Å². The number of ether oxygens (including phenoxy) is 1. The molecule has 0 bridgehead atoms. The maximum absolute atomic E-state index is 12.3. The molecule has 0 aliphatic carbocycles. The summed E-state index contributed by atoms with van der Waals surface area (Å²) < 4.78 is 5.04. The van der Waals surface area contributed by atoms with Crippen LogP contribution >= 0.6 is 0 Å². The number of imide groups is 2. The van der Waals surface area contributed by atoms with Gasteiger partial charge in [-0.15, -0.1) is 0 Å². The van der Waals surface area contributed by atoms with Gasteiger partial charge in [-0.1, -0.05) is 32.9 Å². The molecule has 0 atom stereocenters. The van der Waals surface area contributed by atoms with Crippen LogP contribution in [0.25, 0.3) is 0 Å². The SMILES string of the molecule is COc1ccc(CN2C(=O)C(=O)N(CC(=O)C(C)(C)C)C2=O)cc1. The van der Waals surface area contributed by atoms with Crippen molar-refractivity contribution in [2.45, 2.75) is 27.3 Å². The summed E-state index contributed by atoms with van der Waals surface area (Å²) in [6, 6.07) is 6.03. The molecule has 128 valence electrons. The number of Topliss-reactive ketones (excluding diaryl/α,β-unsaturated/α-hetero) is 1. The van der Waals surface area contributed by atoms with Crippen LogP contribution in [0.4, 0.5) is 4.79 Å². The van der Waals surface area contributed by atoms with Gasteiger partial charge in [0, 0.05) is 5.41 Å². The van der Waals surface area contributed by atoms with Crippen LogP contribution in [0, 0.1) is 5.41 Å². The maximum Gasteiger partial charge on any atom is 0.334 e. The number of hydrogen-bond acceptors (Lipinski definition) is 5. The van der Waals surface area contributed by atoms with Gasteiger partial charge in [0.2, 0.25) is 0 Å². The number of rotatable bonds is 5. The highest BCUT2D eigenvalue weighted by Crippen LogP contribution is 2.21. The van der Waals surface area contributed by atoms with Gasteiger partial charge in [0.05, 0.1) is 20.2 Å². The minimum absolute atomic E-state index is 0.0341. The van der Waals surface area contributed by atoms with Gasteiger partial charge >= 0.3 is 17.8 Å². The summed E-state index contributed by atoms with van der Waals surface area (Å²) in [6.07, 6.45) is 0. The predicted octanol–water partition coefficient (Wildman–Crippen LogP) is 1.60. The molecule has 1 heterocycles. The first-order valence-electron chi connectivity index (χ1n) is 7.48. The predicted molar refractivity (Wildman–Crippen MR) is 85.1 cm³/mol. The molecule has 0 N–H and O–H groups in total. The van der Waals surface area contributed by atoms with E-state index in [0.29, 0.717) is 16.2 Å². The summed E-state index contributed by atoms with van der Waals surface area (Å²) in [4.78, 5) is 50.1.